The summed E-state index contributed by atoms with van der Waals surface area (Å²) >= 11 is 0. The Bertz CT molecular complexity index is 758. The molecule has 4 heteroatoms. The Morgan fingerprint density at radius 2 is 1.64 bits per heavy atom. The van der Waals surface area contributed by atoms with Gasteiger partial charge in [-0.15, -0.1) is 0 Å². The lowest BCUT2D eigenvalue weighted by Crippen LogP contribution is -2.13. The number of carbonyl (C=O) groups excluding carboxylic acids is 1. The predicted octanol–water partition coefficient (Wildman–Crippen LogP) is 4.13. The largest absolute Gasteiger partial charge is 0.457 e. The van der Waals surface area contributed by atoms with Crippen LogP contribution in [0, 0.1) is 0 Å². The predicted molar refractivity (Wildman–Crippen MR) is 85.1 cm³/mol. The maximum Gasteiger partial charge on any atom is 0.274 e. The SMILES string of the molecule is O=C(Nc1cccc(Oc2ccccc2)c1)c1ccccn1. The highest BCUT2D eigenvalue weighted by molar-refractivity contribution is 6.02. The highest BCUT2D eigenvalue weighted by Gasteiger charge is 2.07. The molecule has 0 saturated carbocycles. The van der Waals surface area contributed by atoms with Crippen LogP contribution in [0.25, 0.3) is 0 Å². The molecule has 22 heavy (non-hydrogen) atoms. The molecule has 0 aliphatic rings. The summed E-state index contributed by atoms with van der Waals surface area (Å²) < 4.78 is 5.74. The van der Waals surface area contributed by atoms with E-state index in [4.69, 9.17) is 4.74 Å². The number of amides is 1. The number of carbonyl (C=O) groups is 1. The molecular formula is C18H14N2O2. The molecule has 0 saturated heterocycles. The molecule has 0 bridgehead atoms. The smallest absolute Gasteiger partial charge is 0.274 e. The molecule has 1 aromatic heterocycles. The molecule has 0 aliphatic heterocycles. The minimum absolute atomic E-state index is 0.252. The number of aromatic nitrogens is 1. The molecular weight excluding hydrogens is 276 g/mol. The fraction of sp³-hybridized carbons (Fsp3) is 0. The van der Waals surface area contributed by atoms with Gasteiger partial charge in [0, 0.05) is 18.0 Å². The van der Waals surface area contributed by atoms with E-state index >= 15 is 0 Å². The third-order valence-electron chi connectivity index (χ3n) is 2.97. The van der Waals surface area contributed by atoms with Crippen LogP contribution in [0.4, 0.5) is 5.69 Å². The van der Waals surface area contributed by atoms with Gasteiger partial charge in [-0.1, -0.05) is 30.3 Å². The molecule has 3 rings (SSSR count). The minimum Gasteiger partial charge on any atom is -0.457 e. The van der Waals surface area contributed by atoms with E-state index in [9.17, 15) is 4.79 Å². The quantitative estimate of drug-likeness (QED) is 0.786. The van der Waals surface area contributed by atoms with Gasteiger partial charge in [0.15, 0.2) is 0 Å². The van der Waals surface area contributed by atoms with E-state index in [2.05, 4.69) is 10.3 Å². The van der Waals surface area contributed by atoms with Crippen LogP contribution in [0.3, 0.4) is 0 Å². The zero-order chi connectivity index (χ0) is 15.2. The minimum atomic E-state index is -0.252. The summed E-state index contributed by atoms with van der Waals surface area (Å²) in [5, 5.41) is 2.80. The number of ether oxygens (including phenoxy) is 1. The maximum atomic E-state index is 12.1. The molecule has 2 aromatic carbocycles. The van der Waals surface area contributed by atoms with Gasteiger partial charge in [-0.3, -0.25) is 9.78 Å². The second-order valence-corrected chi connectivity index (χ2v) is 4.61. The molecule has 4 nitrogen and oxygen atoms in total. The molecule has 0 unspecified atom stereocenters. The summed E-state index contributed by atoms with van der Waals surface area (Å²) in [4.78, 5) is 16.1. The zero-order valence-corrected chi connectivity index (χ0v) is 11.8. The first-order valence-electron chi connectivity index (χ1n) is 6.86. The van der Waals surface area contributed by atoms with Crippen LogP contribution in [-0.4, -0.2) is 10.9 Å². The molecule has 1 N–H and O–H groups in total. The summed E-state index contributed by atoms with van der Waals surface area (Å²) in [5.41, 5.74) is 1.03. The van der Waals surface area contributed by atoms with Gasteiger partial charge in [0.1, 0.15) is 17.2 Å². The number of hydrogen-bond acceptors (Lipinski definition) is 3. The maximum absolute atomic E-state index is 12.1. The van der Waals surface area contributed by atoms with Gasteiger partial charge in [0.25, 0.3) is 5.91 Å². The third-order valence-corrected chi connectivity index (χ3v) is 2.97. The lowest BCUT2D eigenvalue weighted by Gasteiger charge is -2.08. The Kier molecular flexibility index (Phi) is 4.11. The Hall–Kier alpha value is -3.14. The van der Waals surface area contributed by atoms with Gasteiger partial charge in [0.05, 0.1) is 0 Å². The van der Waals surface area contributed by atoms with Crippen molar-refractivity contribution in [1.29, 1.82) is 0 Å². The van der Waals surface area contributed by atoms with E-state index in [0.29, 0.717) is 17.1 Å². The highest BCUT2D eigenvalue weighted by atomic mass is 16.5. The fourth-order valence-electron chi connectivity index (χ4n) is 1.95. The molecule has 1 heterocycles. The summed E-state index contributed by atoms with van der Waals surface area (Å²) in [7, 11) is 0. The fourth-order valence-corrected chi connectivity index (χ4v) is 1.95. The standard InChI is InChI=1S/C18H14N2O2/c21-18(17-11-4-5-12-19-17)20-14-7-6-10-16(13-14)22-15-8-2-1-3-9-15/h1-13H,(H,20,21). The number of rotatable bonds is 4. The molecule has 3 aromatic rings. The molecule has 108 valence electrons. The van der Waals surface area contributed by atoms with Crippen LogP contribution in [0.15, 0.2) is 79.0 Å². The molecule has 0 fully saturated rings. The van der Waals surface area contributed by atoms with E-state index in [1.165, 1.54) is 0 Å². The van der Waals surface area contributed by atoms with Crippen molar-refractivity contribution in [2.45, 2.75) is 0 Å². The van der Waals surface area contributed by atoms with Crippen molar-refractivity contribution in [2.75, 3.05) is 5.32 Å². The number of pyridine rings is 1. The number of nitrogens with one attached hydrogen (secondary N) is 1. The Morgan fingerprint density at radius 3 is 2.41 bits per heavy atom. The highest BCUT2D eigenvalue weighted by Crippen LogP contribution is 2.24. The third kappa shape index (κ3) is 3.49. The zero-order valence-electron chi connectivity index (χ0n) is 11.8. The average Bonchev–Trinajstić information content (AvgIpc) is 2.57. The van der Waals surface area contributed by atoms with Crippen LogP contribution in [-0.2, 0) is 0 Å². The monoisotopic (exact) mass is 290 g/mol. The Balaban J connectivity index is 1.73. The lowest BCUT2D eigenvalue weighted by molar-refractivity contribution is 0.102. The van der Waals surface area contributed by atoms with Gasteiger partial charge in [0.2, 0.25) is 0 Å². The molecule has 1 amide bonds. The van der Waals surface area contributed by atoms with Crippen LogP contribution in [0.5, 0.6) is 11.5 Å². The molecule has 0 spiro atoms. The van der Waals surface area contributed by atoms with E-state index in [1.54, 1.807) is 36.5 Å². The van der Waals surface area contributed by atoms with E-state index < -0.39 is 0 Å². The number of para-hydroxylation sites is 1. The van der Waals surface area contributed by atoms with Crippen molar-refractivity contribution < 1.29 is 9.53 Å². The Morgan fingerprint density at radius 1 is 0.864 bits per heavy atom. The second-order valence-electron chi connectivity index (χ2n) is 4.61. The van der Waals surface area contributed by atoms with Crippen LogP contribution >= 0.6 is 0 Å². The first-order valence-corrected chi connectivity index (χ1v) is 6.86. The topological polar surface area (TPSA) is 51.2 Å². The summed E-state index contributed by atoms with van der Waals surface area (Å²) in [5.74, 6) is 1.15. The van der Waals surface area contributed by atoms with Crippen molar-refractivity contribution in [2.24, 2.45) is 0 Å². The molecule has 0 atom stereocenters. The summed E-state index contributed by atoms with van der Waals surface area (Å²) in [6.07, 6.45) is 1.59. The van der Waals surface area contributed by atoms with E-state index in [1.807, 2.05) is 42.5 Å². The van der Waals surface area contributed by atoms with Gasteiger partial charge in [-0.05, 0) is 36.4 Å². The van der Waals surface area contributed by atoms with Crippen LogP contribution < -0.4 is 10.1 Å². The normalized spacial score (nSPS) is 10.0. The summed E-state index contributed by atoms with van der Waals surface area (Å²) in [6.45, 7) is 0. The number of anilines is 1. The number of hydrogen-bond donors (Lipinski definition) is 1. The van der Waals surface area contributed by atoms with Gasteiger partial charge >= 0.3 is 0 Å². The second kappa shape index (κ2) is 6.54. The van der Waals surface area contributed by atoms with Gasteiger partial charge in [-0.2, -0.15) is 0 Å². The molecule has 0 aliphatic carbocycles. The van der Waals surface area contributed by atoms with Gasteiger partial charge in [-0.25, -0.2) is 0 Å². The van der Waals surface area contributed by atoms with Crippen LogP contribution in [0.2, 0.25) is 0 Å². The van der Waals surface area contributed by atoms with E-state index in [-0.39, 0.29) is 5.91 Å². The molecule has 0 radical (unpaired) electrons. The van der Waals surface area contributed by atoms with E-state index in [0.717, 1.165) is 5.75 Å². The first kappa shape index (κ1) is 13.8. The van der Waals surface area contributed by atoms with Crippen molar-refractivity contribution in [3.63, 3.8) is 0 Å². The van der Waals surface area contributed by atoms with Crippen molar-refractivity contribution >= 4 is 11.6 Å². The number of benzene rings is 2. The first-order chi connectivity index (χ1) is 10.8. The number of nitrogens with zero attached hydrogens (tertiary/aromatic N) is 1. The lowest BCUT2D eigenvalue weighted by atomic mass is 10.2. The van der Waals surface area contributed by atoms with Crippen molar-refractivity contribution in [3.05, 3.63) is 84.7 Å². The summed E-state index contributed by atoms with van der Waals surface area (Å²) in [6, 6.07) is 21.9. The van der Waals surface area contributed by atoms with Gasteiger partial charge < -0.3 is 10.1 Å². The Labute approximate surface area is 128 Å². The van der Waals surface area contributed by atoms with Crippen LogP contribution in [0.1, 0.15) is 10.5 Å². The van der Waals surface area contributed by atoms with Crippen molar-refractivity contribution in [3.8, 4) is 11.5 Å². The average molecular weight is 290 g/mol. The van der Waals surface area contributed by atoms with Crippen molar-refractivity contribution in [1.82, 2.24) is 4.98 Å².